The molecule has 142 valence electrons. The fourth-order valence-electron chi connectivity index (χ4n) is 3.33. The quantitative estimate of drug-likeness (QED) is 0.559. The number of amides is 1. The molecule has 1 amide bonds. The van der Waals surface area contributed by atoms with Crippen molar-refractivity contribution < 1.29 is 4.79 Å². The van der Waals surface area contributed by atoms with Gasteiger partial charge in [-0.05, 0) is 49.2 Å². The Morgan fingerprint density at radius 3 is 2.67 bits per heavy atom. The van der Waals surface area contributed by atoms with Gasteiger partial charge in [0, 0.05) is 27.5 Å². The van der Waals surface area contributed by atoms with Crippen LogP contribution in [-0.2, 0) is 4.79 Å². The van der Waals surface area contributed by atoms with E-state index in [1.165, 1.54) is 0 Å². The summed E-state index contributed by atoms with van der Waals surface area (Å²) in [5.41, 5.74) is 2.49. The van der Waals surface area contributed by atoms with E-state index in [1.54, 1.807) is 12.1 Å². The summed E-state index contributed by atoms with van der Waals surface area (Å²) in [5.74, 6) is 0.490. The number of rotatable bonds is 3. The van der Waals surface area contributed by atoms with Gasteiger partial charge in [-0.1, -0.05) is 35.3 Å². The molecule has 8 heteroatoms. The number of hydrogen-bond donors (Lipinski definition) is 3. The zero-order valence-corrected chi connectivity index (χ0v) is 16.7. The lowest BCUT2D eigenvalue weighted by atomic mass is 9.99. The fourth-order valence-corrected chi connectivity index (χ4v) is 3.95. The molecule has 0 unspecified atom stereocenters. The van der Waals surface area contributed by atoms with Crippen LogP contribution >= 0.6 is 35.6 Å². The number of hydrogen-bond acceptors (Lipinski definition) is 3. The minimum atomic E-state index is -0.0308. The number of aromatic nitrogens is 2. The molecule has 27 heavy (non-hydrogen) atoms. The van der Waals surface area contributed by atoms with Gasteiger partial charge in [-0.2, -0.15) is 5.10 Å². The first-order valence-electron chi connectivity index (χ1n) is 8.57. The topological polar surface area (TPSA) is 69.8 Å². The summed E-state index contributed by atoms with van der Waals surface area (Å²) in [4.78, 5) is 12.5. The van der Waals surface area contributed by atoms with Crippen LogP contribution in [0.4, 0.5) is 5.82 Å². The van der Waals surface area contributed by atoms with E-state index in [9.17, 15) is 4.79 Å². The molecule has 3 aromatic rings. The molecule has 1 aromatic heterocycles. The van der Waals surface area contributed by atoms with Gasteiger partial charge in [0.15, 0.2) is 5.82 Å². The van der Waals surface area contributed by atoms with Crippen LogP contribution in [0.3, 0.4) is 0 Å². The zero-order chi connectivity index (χ0) is 18.1. The Balaban J connectivity index is 0.00000210. The standard InChI is InChI=1S/C19H18Cl2N4O.ClH/c20-14-4-1-5-15(21)17(14)11-6-7-16-13(9-11)18(25-24-16)23-19(26)12-3-2-8-22-10-12;/h1,4-7,9,12,22H,2-3,8,10H2,(H2,23,24,25,26);1H/t12-;/m0./s1. The molecule has 2 aromatic carbocycles. The minimum absolute atomic E-state index is 0. The van der Waals surface area contributed by atoms with E-state index >= 15 is 0 Å². The smallest absolute Gasteiger partial charge is 0.229 e. The number of nitrogens with one attached hydrogen (secondary N) is 3. The number of benzene rings is 2. The minimum Gasteiger partial charge on any atom is -0.316 e. The van der Waals surface area contributed by atoms with Gasteiger partial charge in [0.1, 0.15) is 0 Å². The van der Waals surface area contributed by atoms with Crippen molar-refractivity contribution in [3.05, 3.63) is 46.4 Å². The maximum absolute atomic E-state index is 12.5. The molecule has 1 atom stereocenters. The molecule has 1 aliphatic rings. The molecule has 0 spiro atoms. The number of anilines is 1. The van der Waals surface area contributed by atoms with Crippen LogP contribution in [0.5, 0.6) is 0 Å². The van der Waals surface area contributed by atoms with E-state index in [0.29, 0.717) is 22.4 Å². The van der Waals surface area contributed by atoms with Crippen molar-refractivity contribution in [3.8, 4) is 11.1 Å². The first-order chi connectivity index (χ1) is 12.6. The number of H-pyrrole nitrogens is 1. The van der Waals surface area contributed by atoms with E-state index in [-0.39, 0.29) is 24.2 Å². The van der Waals surface area contributed by atoms with Crippen LogP contribution < -0.4 is 10.6 Å². The average Bonchev–Trinajstić information content (AvgIpc) is 3.04. The normalized spacial score (nSPS) is 16.7. The number of fused-ring (bicyclic) bond motifs is 1. The predicted molar refractivity (Wildman–Crippen MR) is 113 cm³/mol. The SMILES string of the molecule is Cl.O=C(Nc1n[nH]c2ccc(-c3c(Cl)cccc3Cl)cc12)[C@H]1CCCNC1. The summed E-state index contributed by atoms with van der Waals surface area (Å²) in [6.07, 6.45) is 1.90. The second-order valence-electron chi connectivity index (χ2n) is 6.46. The van der Waals surface area contributed by atoms with E-state index in [4.69, 9.17) is 23.2 Å². The number of nitrogens with zero attached hydrogens (tertiary/aromatic N) is 1. The van der Waals surface area contributed by atoms with Gasteiger partial charge < -0.3 is 10.6 Å². The summed E-state index contributed by atoms with van der Waals surface area (Å²) < 4.78 is 0. The van der Waals surface area contributed by atoms with Crippen LogP contribution in [0.25, 0.3) is 22.0 Å². The van der Waals surface area contributed by atoms with Gasteiger partial charge in [-0.15, -0.1) is 12.4 Å². The summed E-state index contributed by atoms with van der Waals surface area (Å²) in [5, 5.41) is 15.4. The van der Waals surface area contributed by atoms with Gasteiger partial charge in [-0.25, -0.2) is 0 Å². The van der Waals surface area contributed by atoms with Gasteiger partial charge in [0.25, 0.3) is 0 Å². The summed E-state index contributed by atoms with van der Waals surface area (Å²) in [6.45, 7) is 1.67. The maximum atomic E-state index is 12.5. The van der Waals surface area contributed by atoms with E-state index in [0.717, 1.165) is 41.4 Å². The van der Waals surface area contributed by atoms with E-state index in [2.05, 4.69) is 20.8 Å². The Labute approximate surface area is 173 Å². The molecular formula is C19H19Cl3N4O. The number of piperidine rings is 1. The molecule has 0 saturated carbocycles. The highest BCUT2D eigenvalue weighted by Crippen LogP contribution is 2.36. The van der Waals surface area contributed by atoms with Crippen LogP contribution in [-0.4, -0.2) is 29.2 Å². The lowest BCUT2D eigenvalue weighted by molar-refractivity contribution is -0.120. The fraction of sp³-hybridized carbons (Fsp3) is 0.263. The highest BCUT2D eigenvalue weighted by molar-refractivity contribution is 6.39. The van der Waals surface area contributed by atoms with Crippen molar-refractivity contribution in [2.45, 2.75) is 12.8 Å². The number of halogens is 3. The van der Waals surface area contributed by atoms with Gasteiger partial charge >= 0.3 is 0 Å². The predicted octanol–water partition coefficient (Wildman–Crippen LogP) is 4.90. The lowest BCUT2D eigenvalue weighted by Gasteiger charge is -2.21. The summed E-state index contributed by atoms with van der Waals surface area (Å²) >= 11 is 12.7. The maximum Gasteiger partial charge on any atom is 0.229 e. The molecule has 3 N–H and O–H groups in total. The Hall–Kier alpha value is -1.79. The van der Waals surface area contributed by atoms with Crippen molar-refractivity contribution in [1.82, 2.24) is 15.5 Å². The number of carbonyl (C=O) groups is 1. The molecule has 2 heterocycles. The molecule has 1 fully saturated rings. The molecule has 1 saturated heterocycles. The third-order valence-corrected chi connectivity index (χ3v) is 5.35. The van der Waals surface area contributed by atoms with Gasteiger partial charge in [0.2, 0.25) is 5.91 Å². The van der Waals surface area contributed by atoms with Crippen molar-refractivity contribution in [1.29, 1.82) is 0 Å². The molecule has 0 bridgehead atoms. The Morgan fingerprint density at radius 1 is 1.19 bits per heavy atom. The third kappa shape index (κ3) is 4.06. The average molecular weight is 426 g/mol. The molecule has 4 rings (SSSR count). The van der Waals surface area contributed by atoms with Gasteiger partial charge in [-0.3, -0.25) is 9.89 Å². The number of aromatic amines is 1. The zero-order valence-electron chi connectivity index (χ0n) is 14.4. The van der Waals surface area contributed by atoms with Crippen molar-refractivity contribution in [2.24, 2.45) is 5.92 Å². The highest BCUT2D eigenvalue weighted by Gasteiger charge is 2.22. The van der Waals surface area contributed by atoms with Crippen LogP contribution in [0.2, 0.25) is 10.0 Å². The summed E-state index contributed by atoms with van der Waals surface area (Å²) in [6, 6.07) is 11.2. The summed E-state index contributed by atoms with van der Waals surface area (Å²) in [7, 11) is 0. The largest absolute Gasteiger partial charge is 0.316 e. The van der Waals surface area contributed by atoms with Crippen molar-refractivity contribution in [2.75, 3.05) is 18.4 Å². The monoisotopic (exact) mass is 424 g/mol. The Kier molecular flexibility index (Phi) is 6.27. The van der Waals surface area contributed by atoms with Crippen molar-refractivity contribution in [3.63, 3.8) is 0 Å². The molecular weight excluding hydrogens is 407 g/mol. The molecule has 0 radical (unpaired) electrons. The van der Waals surface area contributed by atoms with E-state index < -0.39 is 0 Å². The Bertz CT molecular complexity index is 946. The first-order valence-corrected chi connectivity index (χ1v) is 9.33. The van der Waals surface area contributed by atoms with Crippen molar-refractivity contribution >= 4 is 58.2 Å². The second-order valence-corrected chi connectivity index (χ2v) is 7.28. The molecule has 5 nitrogen and oxygen atoms in total. The van der Waals surface area contributed by atoms with Crippen LogP contribution in [0.1, 0.15) is 12.8 Å². The van der Waals surface area contributed by atoms with Crippen LogP contribution in [0, 0.1) is 5.92 Å². The Morgan fingerprint density at radius 2 is 1.96 bits per heavy atom. The number of carbonyl (C=O) groups excluding carboxylic acids is 1. The van der Waals surface area contributed by atoms with E-state index in [1.807, 2.05) is 24.3 Å². The van der Waals surface area contributed by atoms with Crippen LogP contribution in [0.15, 0.2) is 36.4 Å². The lowest BCUT2D eigenvalue weighted by Crippen LogP contribution is -2.37. The molecule has 1 aliphatic heterocycles. The second kappa shape index (κ2) is 8.48. The molecule has 0 aliphatic carbocycles. The van der Waals surface area contributed by atoms with Gasteiger partial charge in [0.05, 0.1) is 11.4 Å². The highest BCUT2D eigenvalue weighted by atomic mass is 35.5. The first kappa shape index (κ1) is 20.0. The third-order valence-electron chi connectivity index (χ3n) is 4.72.